The van der Waals surface area contributed by atoms with Crippen LogP contribution in [0.2, 0.25) is 0 Å². The van der Waals surface area contributed by atoms with Gasteiger partial charge in [0.1, 0.15) is 7.05 Å². The highest BCUT2D eigenvalue weighted by molar-refractivity contribution is 5.08. The molecule has 0 aromatic carbocycles. The monoisotopic (exact) mass is 154 g/mol. The molecule has 3 heteroatoms. The molecule has 0 aliphatic carbocycles. The zero-order valence-corrected chi connectivity index (χ0v) is 6.69. The molecule has 0 amide bonds. The second-order valence-corrected chi connectivity index (χ2v) is 2.39. The highest BCUT2D eigenvalue weighted by Gasteiger charge is 2.05. The van der Waals surface area contributed by atoms with Gasteiger partial charge < -0.3 is 9.84 Å². The Morgan fingerprint density at radius 2 is 2.00 bits per heavy atom. The van der Waals surface area contributed by atoms with Crippen molar-refractivity contribution in [2.75, 3.05) is 7.11 Å². The van der Waals surface area contributed by atoms with Crippen LogP contribution in [0.3, 0.4) is 0 Å². The lowest BCUT2D eigenvalue weighted by atomic mass is 10.2. The van der Waals surface area contributed by atoms with Crippen molar-refractivity contribution in [3.05, 3.63) is 30.1 Å². The van der Waals surface area contributed by atoms with Crippen LogP contribution in [0.15, 0.2) is 24.5 Å². The van der Waals surface area contributed by atoms with E-state index in [4.69, 9.17) is 4.74 Å². The van der Waals surface area contributed by atoms with Gasteiger partial charge in [0, 0.05) is 24.8 Å². The number of hydrogen-bond donors (Lipinski definition) is 1. The Kier molecular flexibility index (Phi) is 2.57. The minimum Gasteiger partial charge on any atom is -0.364 e. The van der Waals surface area contributed by atoms with E-state index in [2.05, 4.69) is 0 Å². The van der Waals surface area contributed by atoms with Crippen molar-refractivity contribution < 1.29 is 14.4 Å². The van der Waals surface area contributed by atoms with Crippen LogP contribution in [-0.2, 0) is 11.8 Å². The van der Waals surface area contributed by atoms with Gasteiger partial charge in [-0.25, -0.2) is 4.57 Å². The lowest BCUT2D eigenvalue weighted by Crippen LogP contribution is -2.26. The number of hydrogen-bond acceptors (Lipinski definition) is 2. The summed E-state index contributed by atoms with van der Waals surface area (Å²) in [4.78, 5) is 0. The van der Waals surface area contributed by atoms with Gasteiger partial charge in [-0.3, -0.25) is 0 Å². The first-order valence-electron chi connectivity index (χ1n) is 3.40. The van der Waals surface area contributed by atoms with Gasteiger partial charge in [-0.15, -0.1) is 0 Å². The predicted molar refractivity (Wildman–Crippen MR) is 39.6 cm³/mol. The van der Waals surface area contributed by atoms with E-state index in [1.807, 2.05) is 36.1 Å². The third-order valence-electron chi connectivity index (χ3n) is 1.51. The lowest BCUT2D eigenvalue weighted by Gasteiger charge is -2.05. The van der Waals surface area contributed by atoms with Gasteiger partial charge in [-0.2, -0.15) is 0 Å². The molecule has 0 saturated carbocycles. The summed E-state index contributed by atoms with van der Waals surface area (Å²) in [5.41, 5.74) is 0.769. The zero-order valence-electron chi connectivity index (χ0n) is 6.69. The number of methoxy groups -OCH3 is 1. The van der Waals surface area contributed by atoms with Crippen molar-refractivity contribution in [3.63, 3.8) is 0 Å². The molecule has 1 rings (SSSR count). The first-order valence-corrected chi connectivity index (χ1v) is 3.40. The predicted octanol–water partition coefficient (Wildman–Crippen LogP) is 0.148. The van der Waals surface area contributed by atoms with Gasteiger partial charge in [0.15, 0.2) is 18.7 Å². The molecular weight excluding hydrogens is 142 g/mol. The van der Waals surface area contributed by atoms with Gasteiger partial charge >= 0.3 is 0 Å². The molecule has 1 aromatic heterocycles. The number of aryl methyl sites for hydroxylation is 1. The molecule has 0 bridgehead atoms. The van der Waals surface area contributed by atoms with Crippen molar-refractivity contribution in [3.8, 4) is 0 Å². The van der Waals surface area contributed by atoms with Crippen LogP contribution in [0.1, 0.15) is 11.9 Å². The number of aliphatic hydroxyl groups excluding tert-OH is 1. The van der Waals surface area contributed by atoms with Crippen molar-refractivity contribution in [1.29, 1.82) is 0 Å². The fraction of sp³-hybridized carbons (Fsp3) is 0.375. The maximum Gasteiger partial charge on any atom is 0.181 e. The molecule has 1 N–H and O–H groups in total. The first-order chi connectivity index (χ1) is 5.24. The summed E-state index contributed by atoms with van der Waals surface area (Å²) in [6, 6.07) is 3.63. The Balaban J connectivity index is 2.81. The third-order valence-corrected chi connectivity index (χ3v) is 1.51. The van der Waals surface area contributed by atoms with Gasteiger partial charge in [-0.05, 0) is 0 Å². The minimum atomic E-state index is -0.809. The van der Waals surface area contributed by atoms with E-state index >= 15 is 0 Å². The quantitative estimate of drug-likeness (QED) is 0.486. The molecule has 1 aromatic rings. The fourth-order valence-corrected chi connectivity index (χ4v) is 0.813. The van der Waals surface area contributed by atoms with E-state index in [9.17, 15) is 5.11 Å². The van der Waals surface area contributed by atoms with E-state index in [0.717, 1.165) is 5.56 Å². The van der Waals surface area contributed by atoms with Crippen LogP contribution in [0.25, 0.3) is 0 Å². The standard InChI is InChI=1S/C8H12NO2/c1-9-5-3-7(4-6-9)8(10)11-2/h3-6,8,10H,1-2H3/q+1. The summed E-state index contributed by atoms with van der Waals surface area (Å²) in [6.07, 6.45) is 2.91. The van der Waals surface area contributed by atoms with Crippen molar-refractivity contribution in [2.45, 2.75) is 6.29 Å². The lowest BCUT2D eigenvalue weighted by molar-refractivity contribution is -0.671. The van der Waals surface area contributed by atoms with Gasteiger partial charge in [0.25, 0.3) is 0 Å². The normalized spacial score (nSPS) is 13.0. The molecule has 0 spiro atoms. The molecule has 1 atom stereocenters. The molecule has 11 heavy (non-hydrogen) atoms. The third kappa shape index (κ3) is 2.00. The summed E-state index contributed by atoms with van der Waals surface area (Å²) in [6.45, 7) is 0. The topological polar surface area (TPSA) is 33.3 Å². The molecule has 60 valence electrons. The van der Waals surface area contributed by atoms with Gasteiger partial charge in [0.2, 0.25) is 0 Å². The fourth-order valence-electron chi connectivity index (χ4n) is 0.813. The first kappa shape index (κ1) is 8.17. The number of ether oxygens (including phenoxy) is 1. The Hall–Kier alpha value is -0.930. The highest BCUT2D eigenvalue weighted by atomic mass is 16.6. The van der Waals surface area contributed by atoms with Gasteiger partial charge in [-0.1, -0.05) is 0 Å². The van der Waals surface area contributed by atoms with Crippen molar-refractivity contribution in [2.24, 2.45) is 7.05 Å². The van der Waals surface area contributed by atoms with E-state index in [1.54, 1.807) is 0 Å². The summed E-state index contributed by atoms with van der Waals surface area (Å²) in [7, 11) is 3.39. The Labute approximate surface area is 65.9 Å². The number of aliphatic hydroxyl groups is 1. The van der Waals surface area contributed by atoms with Crippen LogP contribution < -0.4 is 4.57 Å². The van der Waals surface area contributed by atoms with Crippen LogP contribution >= 0.6 is 0 Å². The van der Waals surface area contributed by atoms with Crippen molar-refractivity contribution in [1.82, 2.24) is 0 Å². The Morgan fingerprint density at radius 3 is 2.45 bits per heavy atom. The molecule has 1 unspecified atom stereocenters. The summed E-state index contributed by atoms with van der Waals surface area (Å²) >= 11 is 0. The minimum absolute atomic E-state index is 0.769. The average molecular weight is 154 g/mol. The maximum atomic E-state index is 9.19. The molecule has 0 aliphatic rings. The van der Waals surface area contributed by atoms with Crippen LogP contribution in [0.5, 0.6) is 0 Å². The zero-order chi connectivity index (χ0) is 8.27. The van der Waals surface area contributed by atoms with Crippen molar-refractivity contribution >= 4 is 0 Å². The molecule has 3 nitrogen and oxygen atoms in total. The largest absolute Gasteiger partial charge is 0.364 e. The van der Waals surface area contributed by atoms with E-state index in [-0.39, 0.29) is 0 Å². The number of rotatable bonds is 2. The number of pyridine rings is 1. The molecular formula is C8H12NO2+. The second-order valence-electron chi connectivity index (χ2n) is 2.39. The smallest absolute Gasteiger partial charge is 0.181 e. The average Bonchev–Trinajstić information content (AvgIpc) is 2.05. The Bertz CT molecular complexity index is 220. The van der Waals surface area contributed by atoms with Gasteiger partial charge in [0.05, 0.1) is 0 Å². The molecule has 1 heterocycles. The summed E-state index contributed by atoms with van der Waals surface area (Å²) in [5, 5.41) is 9.19. The maximum absolute atomic E-state index is 9.19. The van der Waals surface area contributed by atoms with Crippen LogP contribution in [0.4, 0.5) is 0 Å². The molecule has 0 aliphatic heterocycles. The Morgan fingerprint density at radius 1 is 1.45 bits per heavy atom. The summed E-state index contributed by atoms with van der Waals surface area (Å²) in [5.74, 6) is 0. The molecule has 0 fully saturated rings. The SMILES string of the molecule is COC(O)c1cc[n+](C)cc1. The molecule has 0 radical (unpaired) electrons. The number of aromatic nitrogens is 1. The van der Waals surface area contributed by atoms with E-state index in [1.165, 1.54) is 7.11 Å². The van der Waals surface area contributed by atoms with Crippen LogP contribution in [0, 0.1) is 0 Å². The van der Waals surface area contributed by atoms with Crippen LogP contribution in [-0.4, -0.2) is 12.2 Å². The summed E-state index contributed by atoms with van der Waals surface area (Å²) < 4.78 is 6.62. The van der Waals surface area contributed by atoms with E-state index in [0.29, 0.717) is 0 Å². The highest BCUT2D eigenvalue weighted by Crippen LogP contribution is 2.09. The number of nitrogens with zero attached hydrogens (tertiary/aromatic N) is 1. The van der Waals surface area contributed by atoms with E-state index < -0.39 is 6.29 Å². The second kappa shape index (κ2) is 3.46. The molecule has 0 saturated heterocycles.